The van der Waals surface area contributed by atoms with Crippen molar-refractivity contribution in [2.45, 2.75) is 0 Å². The van der Waals surface area contributed by atoms with Crippen LogP contribution in [0.2, 0.25) is 0 Å². The molecule has 2 aromatic rings. The Morgan fingerprint density at radius 1 is 1.05 bits per heavy atom. The number of hydrogen-bond donors (Lipinski definition) is 1. The third-order valence-electron chi connectivity index (χ3n) is 3.62. The number of nitrogens with one attached hydrogen (secondary N) is 1. The van der Waals surface area contributed by atoms with Crippen LogP contribution in [0.1, 0.15) is 0 Å². The summed E-state index contributed by atoms with van der Waals surface area (Å²) < 4.78 is 17.4. The molecule has 0 atom stereocenters. The Kier molecular flexibility index (Phi) is 4.02. The molecular formula is C16H19FN2O. The third kappa shape index (κ3) is 2.85. The zero-order valence-electron chi connectivity index (χ0n) is 11.4. The Balaban J connectivity index is 1.84. The molecule has 3 rings (SSSR count). The van der Waals surface area contributed by atoms with Crippen LogP contribution in [0.3, 0.4) is 0 Å². The van der Waals surface area contributed by atoms with Gasteiger partial charge in [-0.25, -0.2) is 4.39 Å². The lowest BCUT2D eigenvalue weighted by Crippen LogP contribution is -2.43. The first-order valence-electron chi connectivity index (χ1n) is 7.05. The number of halogens is 1. The Labute approximate surface area is 118 Å². The van der Waals surface area contributed by atoms with Gasteiger partial charge >= 0.3 is 0 Å². The van der Waals surface area contributed by atoms with Gasteiger partial charge in [0.15, 0.2) is 0 Å². The van der Waals surface area contributed by atoms with Crippen LogP contribution >= 0.6 is 0 Å². The third-order valence-corrected chi connectivity index (χ3v) is 3.62. The number of anilines is 1. The highest BCUT2D eigenvalue weighted by atomic mass is 19.1. The Hall–Kier alpha value is -1.81. The minimum atomic E-state index is -0.458. The highest BCUT2D eigenvalue weighted by Crippen LogP contribution is 2.26. The predicted molar refractivity (Wildman–Crippen MR) is 80.5 cm³/mol. The van der Waals surface area contributed by atoms with Crippen molar-refractivity contribution >= 4 is 16.5 Å². The number of hydrogen-bond acceptors (Lipinski definition) is 3. The molecule has 1 heterocycles. The molecule has 106 valence electrons. The molecule has 0 unspecified atom stereocenters. The molecule has 4 heteroatoms. The summed E-state index contributed by atoms with van der Waals surface area (Å²) in [6, 6.07) is 12.4. The van der Waals surface area contributed by atoms with E-state index in [0.717, 1.165) is 37.3 Å². The van der Waals surface area contributed by atoms with Gasteiger partial charge in [0.05, 0.1) is 0 Å². The van der Waals surface area contributed by atoms with Crippen molar-refractivity contribution in [1.82, 2.24) is 5.32 Å². The van der Waals surface area contributed by atoms with Gasteiger partial charge in [0, 0.05) is 31.9 Å². The van der Waals surface area contributed by atoms with Gasteiger partial charge in [-0.05, 0) is 35.0 Å². The fourth-order valence-corrected chi connectivity index (χ4v) is 2.58. The highest BCUT2D eigenvalue weighted by Gasteiger charge is 2.10. The van der Waals surface area contributed by atoms with E-state index in [-0.39, 0.29) is 6.61 Å². The molecule has 0 saturated carbocycles. The molecular weight excluding hydrogens is 255 g/mol. The van der Waals surface area contributed by atoms with Crippen molar-refractivity contribution < 1.29 is 9.13 Å². The van der Waals surface area contributed by atoms with E-state index in [0.29, 0.717) is 0 Å². The van der Waals surface area contributed by atoms with Crippen LogP contribution in [0, 0.1) is 0 Å². The predicted octanol–water partition coefficient (Wildman–Crippen LogP) is 2.60. The van der Waals surface area contributed by atoms with E-state index in [1.165, 1.54) is 11.1 Å². The first-order valence-corrected chi connectivity index (χ1v) is 7.05. The number of piperazine rings is 1. The van der Waals surface area contributed by atoms with Gasteiger partial charge in [-0.1, -0.05) is 12.1 Å². The maximum absolute atomic E-state index is 12.1. The molecule has 3 nitrogen and oxygen atoms in total. The van der Waals surface area contributed by atoms with E-state index in [2.05, 4.69) is 28.4 Å². The van der Waals surface area contributed by atoms with Crippen molar-refractivity contribution in [1.29, 1.82) is 0 Å². The molecule has 1 aliphatic heterocycles. The van der Waals surface area contributed by atoms with Crippen LogP contribution in [0.5, 0.6) is 5.75 Å². The van der Waals surface area contributed by atoms with E-state index in [1.807, 2.05) is 18.2 Å². The number of ether oxygens (including phenoxy) is 1. The van der Waals surface area contributed by atoms with Gasteiger partial charge in [-0.2, -0.15) is 0 Å². The smallest absolute Gasteiger partial charge is 0.123 e. The molecule has 2 aromatic carbocycles. The summed E-state index contributed by atoms with van der Waals surface area (Å²) in [6.07, 6.45) is 0. The maximum atomic E-state index is 12.1. The van der Waals surface area contributed by atoms with Crippen LogP contribution < -0.4 is 15.0 Å². The van der Waals surface area contributed by atoms with Gasteiger partial charge in [0.2, 0.25) is 0 Å². The zero-order chi connectivity index (χ0) is 13.8. The molecule has 1 aliphatic rings. The summed E-state index contributed by atoms with van der Waals surface area (Å²) in [7, 11) is 0. The van der Waals surface area contributed by atoms with E-state index >= 15 is 0 Å². The Morgan fingerprint density at radius 3 is 2.60 bits per heavy atom. The first kappa shape index (κ1) is 13.2. The number of nitrogens with zero attached hydrogens (tertiary/aromatic N) is 1. The van der Waals surface area contributed by atoms with Gasteiger partial charge in [0.25, 0.3) is 0 Å². The SMILES string of the molecule is FCCOc1ccc2cc(N3CCNCC3)ccc2c1. The Morgan fingerprint density at radius 2 is 1.80 bits per heavy atom. The number of benzene rings is 2. The second kappa shape index (κ2) is 6.09. The average molecular weight is 274 g/mol. The second-order valence-corrected chi connectivity index (χ2v) is 4.97. The van der Waals surface area contributed by atoms with Gasteiger partial charge in [-0.3, -0.25) is 0 Å². The molecule has 0 bridgehead atoms. The van der Waals surface area contributed by atoms with Gasteiger partial charge in [-0.15, -0.1) is 0 Å². The topological polar surface area (TPSA) is 24.5 Å². The molecule has 0 radical (unpaired) electrons. The fraction of sp³-hybridized carbons (Fsp3) is 0.375. The number of fused-ring (bicyclic) bond motifs is 1. The van der Waals surface area contributed by atoms with Crippen molar-refractivity contribution in [2.75, 3.05) is 44.4 Å². The maximum Gasteiger partial charge on any atom is 0.123 e. The molecule has 1 N–H and O–H groups in total. The molecule has 0 amide bonds. The summed E-state index contributed by atoms with van der Waals surface area (Å²) in [4.78, 5) is 2.39. The zero-order valence-corrected chi connectivity index (χ0v) is 11.4. The van der Waals surface area contributed by atoms with Crippen LogP contribution in [0.15, 0.2) is 36.4 Å². The number of rotatable bonds is 4. The standard InChI is InChI=1S/C16H19FN2O/c17-5-10-20-16-4-2-13-11-15(3-1-14(13)12-16)19-8-6-18-7-9-19/h1-4,11-12,18H,5-10H2. The molecule has 0 spiro atoms. The van der Waals surface area contributed by atoms with Crippen LogP contribution in [0.25, 0.3) is 10.8 Å². The summed E-state index contributed by atoms with van der Waals surface area (Å²) in [5, 5.41) is 5.67. The fourth-order valence-electron chi connectivity index (χ4n) is 2.58. The van der Waals surface area contributed by atoms with E-state index in [4.69, 9.17) is 4.74 Å². The van der Waals surface area contributed by atoms with Crippen LogP contribution in [0.4, 0.5) is 10.1 Å². The van der Waals surface area contributed by atoms with Gasteiger partial charge < -0.3 is 15.0 Å². The van der Waals surface area contributed by atoms with Crippen LogP contribution in [-0.4, -0.2) is 39.5 Å². The molecule has 20 heavy (non-hydrogen) atoms. The largest absolute Gasteiger partial charge is 0.491 e. The molecule has 1 fully saturated rings. The monoisotopic (exact) mass is 274 g/mol. The lowest BCUT2D eigenvalue weighted by Gasteiger charge is -2.29. The van der Waals surface area contributed by atoms with E-state index in [1.54, 1.807) is 0 Å². The summed E-state index contributed by atoms with van der Waals surface area (Å²) in [5.74, 6) is 0.727. The quantitative estimate of drug-likeness (QED) is 0.927. The Bertz CT molecular complexity index is 582. The highest BCUT2D eigenvalue weighted by molar-refractivity contribution is 5.87. The lowest BCUT2D eigenvalue weighted by atomic mass is 10.1. The van der Waals surface area contributed by atoms with E-state index in [9.17, 15) is 4.39 Å². The van der Waals surface area contributed by atoms with Crippen molar-refractivity contribution in [3.05, 3.63) is 36.4 Å². The minimum Gasteiger partial charge on any atom is -0.491 e. The molecule has 0 aliphatic carbocycles. The number of alkyl halides is 1. The lowest BCUT2D eigenvalue weighted by molar-refractivity contribution is 0.273. The molecule has 1 saturated heterocycles. The summed E-state index contributed by atoms with van der Waals surface area (Å²) in [5.41, 5.74) is 1.26. The minimum absolute atomic E-state index is 0.115. The van der Waals surface area contributed by atoms with Crippen molar-refractivity contribution in [3.8, 4) is 5.75 Å². The first-order chi connectivity index (χ1) is 9.86. The second-order valence-electron chi connectivity index (χ2n) is 4.97. The van der Waals surface area contributed by atoms with E-state index < -0.39 is 6.67 Å². The average Bonchev–Trinajstić information content (AvgIpc) is 2.53. The van der Waals surface area contributed by atoms with Crippen molar-refractivity contribution in [2.24, 2.45) is 0 Å². The van der Waals surface area contributed by atoms with Crippen molar-refractivity contribution in [3.63, 3.8) is 0 Å². The summed E-state index contributed by atoms with van der Waals surface area (Å²) in [6.45, 7) is 3.82. The normalized spacial score (nSPS) is 15.6. The van der Waals surface area contributed by atoms with Crippen LogP contribution in [-0.2, 0) is 0 Å². The van der Waals surface area contributed by atoms with Gasteiger partial charge in [0.1, 0.15) is 19.0 Å². The molecule has 0 aromatic heterocycles. The summed E-state index contributed by atoms with van der Waals surface area (Å²) >= 11 is 0.